The van der Waals surface area contributed by atoms with Gasteiger partial charge in [-0.25, -0.2) is 26.6 Å². The van der Waals surface area contributed by atoms with Gasteiger partial charge in [-0.2, -0.15) is 5.10 Å². The van der Waals surface area contributed by atoms with Crippen molar-refractivity contribution in [2.75, 3.05) is 6.26 Å². The summed E-state index contributed by atoms with van der Waals surface area (Å²) in [6.07, 6.45) is 2.35. The minimum atomic E-state index is -3.68. The fourth-order valence-electron chi connectivity index (χ4n) is 3.17. The van der Waals surface area contributed by atoms with Crippen LogP contribution in [0.5, 0.6) is 0 Å². The monoisotopic (exact) mass is 426 g/mol. The van der Waals surface area contributed by atoms with E-state index in [1.807, 2.05) is 13.8 Å². The maximum atomic E-state index is 14.4. The lowest BCUT2D eigenvalue weighted by Crippen LogP contribution is -2.37. The Hall–Kier alpha value is -2.82. The van der Waals surface area contributed by atoms with E-state index in [0.29, 0.717) is 10.3 Å². The van der Waals surface area contributed by atoms with Crippen LogP contribution in [0.4, 0.5) is 8.78 Å². The van der Waals surface area contributed by atoms with E-state index in [1.54, 1.807) is 6.07 Å². The van der Waals surface area contributed by atoms with Crippen molar-refractivity contribution in [2.45, 2.75) is 38.6 Å². The van der Waals surface area contributed by atoms with Crippen molar-refractivity contribution in [1.82, 2.24) is 19.3 Å². The Morgan fingerprint density at radius 1 is 1.24 bits per heavy atom. The second-order valence-corrected chi connectivity index (χ2v) is 9.41. The molecule has 0 atom stereocenters. The Labute approximate surface area is 164 Å². The number of alkyl halides is 2. The van der Waals surface area contributed by atoms with E-state index in [9.17, 15) is 26.8 Å². The molecular weight excluding hydrogens is 406 g/mol. The van der Waals surface area contributed by atoms with Gasteiger partial charge in [-0.1, -0.05) is 0 Å². The fraction of sp³-hybridized carbons (Fsp3) is 0.389. The first-order chi connectivity index (χ1) is 13.3. The molecule has 1 aromatic carbocycles. The first kappa shape index (κ1) is 20.9. The van der Waals surface area contributed by atoms with E-state index < -0.39 is 32.9 Å². The molecule has 0 saturated carbocycles. The quantitative estimate of drug-likeness (QED) is 0.673. The van der Waals surface area contributed by atoms with Crippen LogP contribution in [-0.2, 0) is 21.6 Å². The summed E-state index contributed by atoms with van der Waals surface area (Å²) in [5, 5.41) is 4.07. The average Bonchev–Trinajstić information content (AvgIpc) is 3.06. The van der Waals surface area contributed by atoms with Crippen LogP contribution in [0.3, 0.4) is 0 Å². The number of H-pyrrole nitrogens is 1. The number of nitrogens with zero attached hydrogens (tertiary/aromatic N) is 3. The number of halogens is 2. The highest BCUT2D eigenvalue weighted by Crippen LogP contribution is 2.37. The first-order valence-corrected chi connectivity index (χ1v) is 10.8. The van der Waals surface area contributed by atoms with E-state index in [0.717, 1.165) is 19.2 Å². The SMILES string of the molecule is CC(C)n1nccc1-c1cc2c(=O)n(CS(C)(=O)=O)c(=O)[nH]c2cc1C(C)(F)F. The van der Waals surface area contributed by atoms with Gasteiger partial charge in [0.05, 0.1) is 16.6 Å². The molecular formula is C18H20F2N4O4S. The lowest BCUT2D eigenvalue weighted by Gasteiger charge is -2.19. The molecule has 0 amide bonds. The normalized spacial score (nSPS) is 12.8. The summed E-state index contributed by atoms with van der Waals surface area (Å²) in [5.41, 5.74) is -1.90. The van der Waals surface area contributed by atoms with Gasteiger partial charge in [0.2, 0.25) is 0 Å². The van der Waals surface area contributed by atoms with Crippen molar-refractivity contribution in [3.8, 4) is 11.3 Å². The van der Waals surface area contributed by atoms with Crippen LogP contribution < -0.4 is 11.2 Å². The molecule has 156 valence electrons. The van der Waals surface area contributed by atoms with Crippen LogP contribution >= 0.6 is 0 Å². The number of aromatic amines is 1. The van der Waals surface area contributed by atoms with Crippen LogP contribution in [-0.4, -0.2) is 34.0 Å². The van der Waals surface area contributed by atoms with Gasteiger partial charge in [-0.3, -0.25) is 9.48 Å². The molecule has 29 heavy (non-hydrogen) atoms. The van der Waals surface area contributed by atoms with Gasteiger partial charge < -0.3 is 4.98 Å². The van der Waals surface area contributed by atoms with Crippen LogP contribution in [0.1, 0.15) is 32.4 Å². The van der Waals surface area contributed by atoms with E-state index in [1.165, 1.54) is 16.9 Å². The molecule has 0 saturated heterocycles. The second-order valence-electron chi connectivity index (χ2n) is 7.30. The van der Waals surface area contributed by atoms with Crippen molar-refractivity contribution in [3.05, 3.63) is 50.8 Å². The predicted octanol–water partition coefficient (Wildman–Crippen LogP) is 2.25. The summed E-state index contributed by atoms with van der Waals surface area (Å²) in [5.74, 6) is -4.09. The van der Waals surface area contributed by atoms with E-state index >= 15 is 0 Å². The van der Waals surface area contributed by atoms with Gasteiger partial charge in [0.15, 0.2) is 9.84 Å². The first-order valence-electron chi connectivity index (χ1n) is 8.70. The predicted molar refractivity (Wildman–Crippen MR) is 105 cm³/mol. The van der Waals surface area contributed by atoms with Crippen molar-refractivity contribution < 1.29 is 17.2 Å². The summed E-state index contributed by atoms with van der Waals surface area (Å²) in [6, 6.07) is 3.72. The highest BCUT2D eigenvalue weighted by molar-refractivity contribution is 7.89. The molecule has 0 aliphatic carbocycles. The van der Waals surface area contributed by atoms with Gasteiger partial charge in [-0.15, -0.1) is 0 Å². The molecule has 11 heteroatoms. The third kappa shape index (κ3) is 4.00. The standard InChI is InChI=1S/C18H20F2N4O4S/c1-10(2)24-15(5-6-21-24)11-7-12-14(8-13(11)18(3,19)20)22-17(26)23(16(12)25)9-29(4,27)28/h5-8,10H,9H2,1-4H3,(H,22,26). The van der Waals surface area contributed by atoms with Crippen LogP contribution in [0, 0.1) is 0 Å². The van der Waals surface area contributed by atoms with E-state index in [4.69, 9.17) is 0 Å². The van der Waals surface area contributed by atoms with Crippen LogP contribution in [0.2, 0.25) is 0 Å². The number of aromatic nitrogens is 4. The Kier molecular flexibility index (Phi) is 4.98. The number of hydrogen-bond acceptors (Lipinski definition) is 5. The fourth-order valence-corrected chi connectivity index (χ4v) is 3.87. The minimum absolute atomic E-state index is 0.0752. The highest BCUT2D eigenvalue weighted by Gasteiger charge is 2.30. The smallest absolute Gasteiger partial charge is 0.307 e. The molecule has 3 aromatic rings. The van der Waals surface area contributed by atoms with Gasteiger partial charge in [0, 0.05) is 36.5 Å². The van der Waals surface area contributed by atoms with Gasteiger partial charge in [-0.05, 0) is 32.0 Å². The summed E-state index contributed by atoms with van der Waals surface area (Å²) in [7, 11) is -3.68. The van der Waals surface area contributed by atoms with Gasteiger partial charge in [0.25, 0.3) is 11.5 Å². The zero-order chi connectivity index (χ0) is 21.7. The average molecular weight is 426 g/mol. The van der Waals surface area contributed by atoms with Crippen molar-refractivity contribution in [1.29, 1.82) is 0 Å². The summed E-state index contributed by atoms with van der Waals surface area (Å²) < 4.78 is 54.0. The summed E-state index contributed by atoms with van der Waals surface area (Å²) >= 11 is 0. The van der Waals surface area contributed by atoms with Gasteiger partial charge in [0.1, 0.15) is 5.88 Å². The molecule has 0 unspecified atom stereocenters. The summed E-state index contributed by atoms with van der Waals surface area (Å²) in [4.78, 5) is 27.3. The molecule has 0 fully saturated rings. The molecule has 2 aromatic heterocycles. The molecule has 0 aliphatic heterocycles. The third-order valence-electron chi connectivity index (χ3n) is 4.39. The number of sulfone groups is 1. The lowest BCUT2D eigenvalue weighted by atomic mass is 9.97. The van der Waals surface area contributed by atoms with Crippen molar-refractivity contribution >= 4 is 20.7 Å². The zero-order valence-electron chi connectivity index (χ0n) is 16.2. The number of fused-ring (bicyclic) bond motifs is 1. The van der Waals surface area contributed by atoms with Gasteiger partial charge >= 0.3 is 5.69 Å². The van der Waals surface area contributed by atoms with E-state index in [-0.39, 0.29) is 28.1 Å². The molecule has 0 aliphatic rings. The Morgan fingerprint density at radius 3 is 2.45 bits per heavy atom. The topological polar surface area (TPSA) is 107 Å². The largest absolute Gasteiger partial charge is 0.329 e. The Balaban J connectivity index is 2.43. The highest BCUT2D eigenvalue weighted by atomic mass is 32.2. The molecule has 1 N–H and O–H groups in total. The molecule has 8 nitrogen and oxygen atoms in total. The summed E-state index contributed by atoms with van der Waals surface area (Å²) in [6.45, 7) is 4.38. The molecule has 3 rings (SSSR count). The maximum Gasteiger partial charge on any atom is 0.329 e. The minimum Gasteiger partial charge on any atom is -0.307 e. The second kappa shape index (κ2) is 6.90. The number of nitrogens with one attached hydrogen (secondary N) is 1. The van der Waals surface area contributed by atoms with Crippen molar-refractivity contribution in [3.63, 3.8) is 0 Å². The van der Waals surface area contributed by atoms with Crippen LogP contribution in [0.25, 0.3) is 22.2 Å². The maximum absolute atomic E-state index is 14.4. The molecule has 2 heterocycles. The van der Waals surface area contributed by atoms with Crippen LogP contribution in [0.15, 0.2) is 34.0 Å². The van der Waals surface area contributed by atoms with E-state index in [2.05, 4.69) is 10.1 Å². The number of hydrogen-bond donors (Lipinski definition) is 1. The molecule has 0 bridgehead atoms. The number of benzene rings is 1. The van der Waals surface area contributed by atoms with Crippen molar-refractivity contribution in [2.24, 2.45) is 0 Å². The Bertz CT molecular complexity index is 1310. The zero-order valence-corrected chi connectivity index (χ0v) is 17.0. The Morgan fingerprint density at radius 2 is 1.90 bits per heavy atom. The molecule has 0 spiro atoms. The lowest BCUT2D eigenvalue weighted by molar-refractivity contribution is 0.0181. The number of rotatable bonds is 5. The molecule has 0 radical (unpaired) electrons. The third-order valence-corrected chi connectivity index (χ3v) is 5.12.